The third-order valence-electron chi connectivity index (χ3n) is 5.51. The number of benzene rings is 2. The molecule has 28 heavy (non-hydrogen) atoms. The highest BCUT2D eigenvalue weighted by Crippen LogP contribution is 2.20. The first-order valence-electron chi connectivity index (χ1n) is 9.78. The van der Waals surface area contributed by atoms with Crippen LogP contribution >= 0.6 is 0 Å². The van der Waals surface area contributed by atoms with Gasteiger partial charge in [0.05, 0.1) is 5.52 Å². The molecule has 0 radical (unpaired) electrons. The van der Waals surface area contributed by atoms with Crippen LogP contribution in [0.1, 0.15) is 24.5 Å². The van der Waals surface area contributed by atoms with Crippen LogP contribution in [0.25, 0.3) is 11.1 Å². The number of carbonyl (C=O) groups excluding carboxylic acids is 1. The number of nitrogens with zero attached hydrogens (tertiary/aromatic N) is 2. The number of hydrogen-bond donors (Lipinski definition) is 1. The van der Waals surface area contributed by atoms with Gasteiger partial charge in [0.2, 0.25) is 5.91 Å². The van der Waals surface area contributed by atoms with E-state index in [4.69, 9.17) is 4.42 Å². The van der Waals surface area contributed by atoms with Crippen LogP contribution in [0.15, 0.2) is 57.7 Å². The largest absolute Gasteiger partial charge is 0.419 e. The third kappa shape index (κ3) is 3.87. The molecule has 1 unspecified atom stereocenters. The quantitative estimate of drug-likeness (QED) is 0.715. The second-order valence-corrected chi connectivity index (χ2v) is 7.38. The maximum atomic E-state index is 12.3. The zero-order valence-electron chi connectivity index (χ0n) is 16.1. The number of carbonyl (C=O) groups is 1. The van der Waals surface area contributed by atoms with E-state index in [-0.39, 0.29) is 18.4 Å². The second kappa shape index (κ2) is 8.02. The number of amides is 1. The first-order valence-corrected chi connectivity index (χ1v) is 9.78. The minimum atomic E-state index is -0.422. The molecule has 0 bridgehead atoms. The van der Waals surface area contributed by atoms with Crippen molar-refractivity contribution in [1.29, 1.82) is 0 Å². The van der Waals surface area contributed by atoms with Crippen LogP contribution in [0.4, 0.5) is 0 Å². The summed E-state index contributed by atoms with van der Waals surface area (Å²) in [6, 6.07) is 16.1. The third-order valence-corrected chi connectivity index (χ3v) is 5.51. The van der Waals surface area contributed by atoms with Crippen molar-refractivity contribution < 1.29 is 9.21 Å². The van der Waals surface area contributed by atoms with Gasteiger partial charge in [-0.2, -0.15) is 0 Å². The van der Waals surface area contributed by atoms with Crippen LogP contribution in [-0.4, -0.2) is 34.5 Å². The molecular weight excluding hydrogens is 354 g/mol. The lowest BCUT2D eigenvalue weighted by atomic mass is 9.99. The van der Waals surface area contributed by atoms with Gasteiger partial charge in [-0.05, 0) is 36.6 Å². The predicted octanol–water partition coefficient (Wildman–Crippen LogP) is 2.55. The number of rotatable bonds is 6. The Labute approximate surface area is 163 Å². The van der Waals surface area contributed by atoms with E-state index in [9.17, 15) is 9.59 Å². The number of oxazole rings is 1. The standard InChI is InChI=1S/C22H25N3O3/c1-16(24-12-10-17-6-2-3-7-18(17)15-24)14-23-21(26)11-13-25-19-8-4-5-9-20(19)28-22(25)27/h2-9,16H,10-15H2,1H3,(H,23,26). The Morgan fingerprint density at radius 2 is 1.89 bits per heavy atom. The molecule has 146 valence electrons. The topological polar surface area (TPSA) is 67.5 Å². The van der Waals surface area contributed by atoms with Gasteiger partial charge in [0.1, 0.15) is 0 Å². The maximum Gasteiger partial charge on any atom is 0.419 e. The van der Waals surface area contributed by atoms with Gasteiger partial charge in [-0.25, -0.2) is 4.79 Å². The highest BCUT2D eigenvalue weighted by Gasteiger charge is 2.20. The van der Waals surface area contributed by atoms with Gasteiger partial charge in [-0.3, -0.25) is 14.3 Å². The summed E-state index contributed by atoms with van der Waals surface area (Å²) < 4.78 is 6.72. The molecule has 1 atom stereocenters. The lowest BCUT2D eigenvalue weighted by Crippen LogP contribution is -2.44. The average Bonchev–Trinajstić information content (AvgIpc) is 3.05. The smallest absolute Gasteiger partial charge is 0.408 e. The number of hydrogen-bond acceptors (Lipinski definition) is 4. The van der Waals surface area contributed by atoms with Crippen LogP contribution in [0, 0.1) is 0 Å². The molecule has 1 N–H and O–H groups in total. The van der Waals surface area contributed by atoms with Crippen molar-refractivity contribution in [2.75, 3.05) is 13.1 Å². The Hall–Kier alpha value is -2.86. The molecule has 3 aromatic rings. The molecule has 1 aromatic heterocycles. The van der Waals surface area contributed by atoms with Crippen molar-refractivity contribution in [3.05, 3.63) is 70.2 Å². The lowest BCUT2D eigenvalue weighted by molar-refractivity contribution is -0.121. The van der Waals surface area contributed by atoms with Crippen LogP contribution in [0.2, 0.25) is 0 Å². The van der Waals surface area contributed by atoms with E-state index in [2.05, 4.69) is 41.4 Å². The fraction of sp³-hybridized carbons (Fsp3) is 0.364. The minimum Gasteiger partial charge on any atom is -0.408 e. The summed E-state index contributed by atoms with van der Waals surface area (Å²) in [4.78, 5) is 26.7. The van der Waals surface area contributed by atoms with E-state index in [0.717, 1.165) is 25.0 Å². The number of nitrogens with one attached hydrogen (secondary N) is 1. The second-order valence-electron chi connectivity index (χ2n) is 7.38. The SMILES string of the molecule is CC(CNC(=O)CCn1c(=O)oc2ccccc21)N1CCc2ccccc2C1. The molecule has 1 aliphatic heterocycles. The van der Waals surface area contributed by atoms with E-state index in [1.165, 1.54) is 15.7 Å². The van der Waals surface area contributed by atoms with Crippen molar-refractivity contribution in [2.24, 2.45) is 0 Å². The summed E-state index contributed by atoms with van der Waals surface area (Å²) in [6.45, 7) is 4.98. The monoisotopic (exact) mass is 379 g/mol. The van der Waals surface area contributed by atoms with Crippen molar-refractivity contribution >= 4 is 17.0 Å². The van der Waals surface area contributed by atoms with Crippen molar-refractivity contribution in [1.82, 2.24) is 14.8 Å². The molecule has 6 nitrogen and oxygen atoms in total. The molecule has 0 fully saturated rings. The van der Waals surface area contributed by atoms with Crippen LogP contribution in [0.5, 0.6) is 0 Å². The Kier molecular flexibility index (Phi) is 5.30. The van der Waals surface area contributed by atoms with E-state index in [1.54, 1.807) is 6.07 Å². The molecule has 2 heterocycles. The predicted molar refractivity (Wildman–Crippen MR) is 108 cm³/mol. The normalized spacial score (nSPS) is 15.3. The Bertz CT molecular complexity index is 1040. The zero-order chi connectivity index (χ0) is 19.5. The van der Waals surface area contributed by atoms with Gasteiger partial charge in [-0.15, -0.1) is 0 Å². The van der Waals surface area contributed by atoms with Gasteiger partial charge >= 0.3 is 5.76 Å². The Morgan fingerprint density at radius 1 is 1.14 bits per heavy atom. The summed E-state index contributed by atoms with van der Waals surface area (Å²) in [5.41, 5.74) is 4.07. The summed E-state index contributed by atoms with van der Waals surface area (Å²) in [6.07, 6.45) is 1.30. The molecule has 0 saturated heterocycles. The molecule has 1 aliphatic rings. The van der Waals surface area contributed by atoms with E-state index < -0.39 is 5.76 Å². The molecule has 2 aromatic carbocycles. The summed E-state index contributed by atoms with van der Waals surface area (Å²) >= 11 is 0. The Balaban J connectivity index is 1.29. The van der Waals surface area contributed by atoms with E-state index in [0.29, 0.717) is 18.7 Å². The lowest BCUT2D eigenvalue weighted by Gasteiger charge is -2.33. The van der Waals surface area contributed by atoms with Gasteiger partial charge in [-0.1, -0.05) is 36.4 Å². The zero-order valence-corrected chi connectivity index (χ0v) is 16.1. The fourth-order valence-electron chi connectivity index (χ4n) is 3.81. The van der Waals surface area contributed by atoms with Crippen LogP contribution in [0.3, 0.4) is 0 Å². The van der Waals surface area contributed by atoms with Crippen molar-refractivity contribution in [3.63, 3.8) is 0 Å². The number of aromatic nitrogens is 1. The Morgan fingerprint density at radius 3 is 2.75 bits per heavy atom. The van der Waals surface area contributed by atoms with Gasteiger partial charge in [0, 0.05) is 38.6 Å². The summed E-state index contributed by atoms with van der Waals surface area (Å²) in [5, 5.41) is 3.01. The molecule has 0 saturated carbocycles. The molecule has 1 amide bonds. The average molecular weight is 379 g/mol. The van der Waals surface area contributed by atoms with E-state index >= 15 is 0 Å². The van der Waals surface area contributed by atoms with Gasteiger partial charge in [0.15, 0.2) is 5.58 Å². The molecule has 4 rings (SSSR count). The molecule has 6 heteroatoms. The number of fused-ring (bicyclic) bond motifs is 2. The van der Waals surface area contributed by atoms with Gasteiger partial charge in [0.25, 0.3) is 0 Å². The first kappa shape index (κ1) is 18.5. The number of aryl methyl sites for hydroxylation is 1. The van der Waals surface area contributed by atoms with Crippen molar-refractivity contribution in [2.45, 2.75) is 38.9 Å². The number of para-hydroxylation sites is 2. The van der Waals surface area contributed by atoms with Crippen LogP contribution in [-0.2, 0) is 24.3 Å². The first-order chi connectivity index (χ1) is 13.6. The molecule has 0 spiro atoms. The van der Waals surface area contributed by atoms with Gasteiger partial charge < -0.3 is 9.73 Å². The fourth-order valence-corrected chi connectivity index (χ4v) is 3.81. The highest BCUT2D eigenvalue weighted by molar-refractivity contribution is 5.76. The highest BCUT2D eigenvalue weighted by atomic mass is 16.4. The molecule has 0 aliphatic carbocycles. The minimum absolute atomic E-state index is 0.0542. The van der Waals surface area contributed by atoms with Crippen molar-refractivity contribution in [3.8, 4) is 0 Å². The summed E-state index contributed by atoms with van der Waals surface area (Å²) in [7, 11) is 0. The van der Waals surface area contributed by atoms with E-state index in [1.807, 2.05) is 18.2 Å². The summed E-state index contributed by atoms with van der Waals surface area (Å²) in [5.74, 6) is -0.476. The maximum absolute atomic E-state index is 12.3. The molecular formula is C22H25N3O3. The van der Waals surface area contributed by atoms with Crippen LogP contribution < -0.4 is 11.1 Å².